The molecule has 0 atom stereocenters. The summed E-state index contributed by atoms with van der Waals surface area (Å²) >= 11 is 5.98. The quantitative estimate of drug-likeness (QED) is 0.876. The van der Waals surface area contributed by atoms with Crippen molar-refractivity contribution in [3.8, 4) is 0 Å². The van der Waals surface area contributed by atoms with E-state index in [-0.39, 0.29) is 5.91 Å². The first-order valence-electron chi connectivity index (χ1n) is 5.28. The van der Waals surface area contributed by atoms with Crippen LogP contribution in [-0.4, -0.2) is 30.9 Å². The number of nitrogens with two attached hydrogens (primary N) is 1. The Morgan fingerprint density at radius 2 is 2.19 bits per heavy atom. The Kier molecular flexibility index (Phi) is 4.77. The molecule has 0 fully saturated rings. The van der Waals surface area contributed by atoms with E-state index in [2.05, 4.69) is 0 Å². The fourth-order valence-corrected chi connectivity index (χ4v) is 1.56. The summed E-state index contributed by atoms with van der Waals surface area (Å²) in [5, 5.41) is 0.623. The van der Waals surface area contributed by atoms with Crippen molar-refractivity contribution < 1.29 is 4.79 Å². The normalized spacial score (nSPS) is 10.2. The molecule has 0 aromatic heterocycles. The van der Waals surface area contributed by atoms with Crippen LogP contribution in [0.4, 0.5) is 0 Å². The fourth-order valence-electron chi connectivity index (χ4n) is 1.38. The van der Waals surface area contributed by atoms with Crippen molar-refractivity contribution in [2.45, 2.75) is 13.3 Å². The average Bonchev–Trinajstić information content (AvgIpc) is 2.28. The van der Waals surface area contributed by atoms with Crippen LogP contribution in [0.15, 0.2) is 18.2 Å². The van der Waals surface area contributed by atoms with Gasteiger partial charge in [-0.2, -0.15) is 0 Å². The SMILES string of the molecule is Cc1ccc(C(=O)N(C)CCCN)cc1Cl. The molecule has 3 nitrogen and oxygen atoms in total. The fraction of sp³-hybridized carbons (Fsp3) is 0.417. The van der Waals surface area contributed by atoms with Crippen LogP contribution in [0, 0.1) is 6.92 Å². The molecule has 0 heterocycles. The predicted molar refractivity (Wildman–Crippen MR) is 66.8 cm³/mol. The van der Waals surface area contributed by atoms with Crippen LogP contribution < -0.4 is 5.73 Å². The minimum absolute atomic E-state index is 0.0182. The van der Waals surface area contributed by atoms with E-state index >= 15 is 0 Å². The standard InChI is InChI=1S/C12H17ClN2O/c1-9-4-5-10(8-11(9)13)12(16)15(2)7-3-6-14/h4-5,8H,3,6-7,14H2,1-2H3. The molecule has 0 spiro atoms. The Labute approximate surface area is 101 Å². The number of rotatable bonds is 4. The van der Waals surface area contributed by atoms with Crippen molar-refractivity contribution in [3.05, 3.63) is 34.3 Å². The molecule has 88 valence electrons. The van der Waals surface area contributed by atoms with Gasteiger partial charge in [0, 0.05) is 24.2 Å². The van der Waals surface area contributed by atoms with Gasteiger partial charge in [0.2, 0.25) is 0 Å². The molecule has 0 unspecified atom stereocenters. The maximum Gasteiger partial charge on any atom is 0.253 e. The molecule has 0 saturated heterocycles. The first kappa shape index (κ1) is 13.0. The molecule has 0 aliphatic carbocycles. The lowest BCUT2D eigenvalue weighted by molar-refractivity contribution is 0.0794. The van der Waals surface area contributed by atoms with E-state index < -0.39 is 0 Å². The summed E-state index contributed by atoms with van der Waals surface area (Å²) in [6.45, 7) is 3.17. The third kappa shape index (κ3) is 3.22. The average molecular weight is 241 g/mol. The number of carbonyl (C=O) groups is 1. The highest BCUT2D eigenvalue weighted by atomic mass is 35.5. The monoisotopic (exact) mass is 240 g/mol. The summed E-state index contributed by atoms with van der Waals surface area (Å²) in [7, 11) is 1.77. The lowest BCUT2D eigenvalue weighted by atomic mass is 10.1. The van der Waals surface area contributed by atoms with Crippen LogP contribution in [0.1, 0.15) is 22.3 Å². The van der Waals surface area contributed by atoms with E-state index in [0.29, 0.717) is 23.7 Å². The molecule has 1 rings (SSSR count). The van der Waals surface area contributed by atoms with Gasteiger partial charge in [0.15, 0.2) is 0 Å². The zero-order chi connectivity index (χ0) is 12.1. The van der Waals surface area contributed by atoms with E-state index in [1.165, 1.54) is 0 Å². The van der Waals surface area contributed by atoms with E-state index in [4.69, 9.17) is 17.3 Å². The second-order valence-electron chi connectivity index (χ2n) is 3.83. The summed E-state index contributed by atoms with van der Waals surface area (Å²) < 4.78 is 0. The molecule has 0 radical (unpaired) electrons. The van der Waals surface area contributed by atoms with E-state index in [0.717, 1.165) is 12.0 Å². The van der Waals surface area contributed by atoms with Crippen LogP contribution in [0.3, 0.4) is 0 Å². The number of halogens is 1. The Bertz CT molecular complexity index is 379. The van der Waals surface area contributed by atoms with E-state index in [1.54, 1.807) is 24.1 Å². The predicted octanol–water partition coefficient (Wildman–Crippen LogP) is 2.07. The van der Waals surface area contributed by atoms with Gasteiger partial charge < -0.3 is 10.6 Å². The van der Waals surface area contributed by atoms with Crippen LogP contribution in [0.2, 0.25) is 5.02 Å². The maximum absolute atomic E-state index is 11.9. The molecule has 0 aliphatic rings. The third-order valence-electron chi connectivity index (χ3n) is 2.46. The highest BCUT2D eigenvalue weighted by molar-refractivity contribution is 6.31. The molecule has 0 aliphatic heterocycles. The Balaban J connectivity index is 2.76. The van der Waals surface area contributed by atoms with Crippen molar-refractivity contribution in [2.24, 2.45) is 5.73 Å². The second kappa shape index (κ2) is 5.87. The Morgan fingerprint density at radius 1 is 1.50 bits per heavy atom. The molecule has 1 amide bonds. The molecular weight excluding hydrogens is 224 g/mol. The number of amides is 1. The maximum atomic E-state index is 11.9. The van der Waals surface area contributed by atoms with E-state index in [1.807, 2.05) is 13.0 Å². The van der Waals surface area contributed by atoms with Gasteiger partial charge in [-0.25, -0.2) is 0 Å². The Morgan fingerprint density at radius 3 is 2.75 bits per heavy atom. The summed E-state index contributed by atoms with van der Waals surface area (Å²) in [4.78, 5) is 13.6. The number of hydrogen-bond donors (Lipinski definition) is 1. The van der Waals surface area contributed by atoms with Crippen molar-refractivity contribution in [3.63, 3.8) is 0 Å². The summed E-state index contributed by atoms with van der Waals surface area (Å²) in [6.07, 6.45) is 0.807. The van der Waals surface area contributed by atoms with Gasteiger partial charge in [-0.1, -0.05) is 17.7 Å². The molecule has 16 heavy (non-hydrogen) atoms. The summed E-state index contributed by atoms with van der Waals surface area (Å²) in [5.41, 5.74) is 7.00. The van der Waals surface area contributed by atoms with Gasteiger partial charge in [0.25, 0.3) is 5.91 Å². The largest absolute Gasteiger partial charge is 0.342 e. The highest BCUT2D eigenvalue weighted by Gasteiger charge is 2.11. The van der Waals surface area contributed by atoms with Crippen LogP contribution in [-0.2, 0) is 0 Å². The summed E-state index contributed by atoms with van der Waals surface area (Å²) in [6, 6.07) is 5.35. The van der Waals surface area contributed by atoms with Crippen molar-refractivity contribution >= 4 is 17.5 Å². The molecule has 1 aromatic carbocycles. The highest BCUT2D eigenvalue weighted by Crippen LogP contribution is 2.17. The molecule has 0 bridgehead atoms. The van der Waals surface area contributed by atoms with Gasteiger partial charge in [0.1, 0.15) is 0 Å². The Hall–Kier alpha value is -1.06. The second-order valence-corrected chi connectivity index (χ2v) is 4.24. The lowest BCUT2D eigenvalue weighted by Gasteiger charge is -2.17. The van der Waals surface area contributed by atoms with Gasteiger partial charge in [-0.05, 0) is 37.6 Å². The smallest absolute Gasteiger partial charge is 0.253 e. The number of carbonyl (C=O) groups excluding carboxylic acids is 1. The molecule has 1 aromatic rings. The molecule has 0 saturated carbocycles. The zero-order valence-electron chi connectivity index (χ0n) is 9.66. The van der Waals surface area contributed by atoms with Gasteiger partial charge in [0.05, 0.1) is 0 Å². The minimum Gasteiger partial charge on any atom is -0.342 e. The summed E-state index contributed by atoms with van der Waals surface area (Å²) in [5.74, 6) is -0.0182. The number of aryl methyl sites for hydroxylation is 1. The van der Waals surface area contributed by atoms with Gasteiger partial charge >= 0.3 is 0 Å². The van der Waals surface area contributed by atoms with Crippen molar-refractivity contribution in [1.82, 2.24) is 4.90 Å². The van der Waals surface area contributed by atoms with E-state index in [9.17, 15) is 4.79 Å². The number of benzene rings is 1. The first-order valence-corrected chi connectivity index (χ1v) is 5.65. The van der Waals surface area contributed by atoms with Crippen LogP contribution in [0.25, 0.3) is 0 Å². The van der Waals surface area contributed by atoms with Gasteiger partial charge in [-0.3, -0.25) is 4.79 Å². The third-order valence-corrected chi connectivity index (χ3v) is 2.87. The van der Waals surface area contributed by atoms with Crippen molar-refractivity contribution in [1.29, 1.82) is 0 Å². The molecule has 4 heteroatoms. The zero-order valence-corrected chi connectivity index (χ0v) is 10.4. The number of nitrogens with zero attached hydrogens (tertiary/aromatic N) is 1. The lowest BCUT2D eigenvalue weighted by Crippen LogP contribution is -2.28. The first-order chi connectivity index (χ1) is 7.56. The number of hydrogen-bond acceptors (Lipinski definition) is 2. The molecular formula is C12H17ClN2O. The minimum atomic E-state index is -0.0182. The van der Waals surface area contributed by atoms with Gasteiger partial charge in [-0.15, -0.1) is 0 Å². The molecule has 2 N–H and O–H groups in total. The van der Waals surface area contributed by atoms with Crippen LogP contribution >= 0.6 is 11.6 Å². The van der Waals surface area contributed by atoms with Crippen molar-refractivity contribution in [2.75, 3.05) is 20.1 Å². The topological polar surface area (TPSA) is 46.3 Å². The van der Waals surface area contributed by atoms with Crippen LogP contribution in [0.5, 0.6) is 0 Å².